The molecule has 6 nitrogen and oxygen atoms in total. The van der Waals surface area contributed by atoms with E-state index in [4.69, 9.17) is 9.97 Å². The van der Waals surface area contributed by atoms with Crippen molar-refractivity contribution in [3.63, 3.8) is 0 Å². The number of aryl methyl sites for hydroxylation is 1. The Morgan fingerprint density at radius 2 is 1.61 bits per heavy atom. The number of carbonyl (C=O) groups excluding carboxylic acids is 1. The van der Waals surface area contributed by atoms with E-state index in [0.717, 1.165) is 46.9 Å². The van der Waals surface area contributed by atoms with Crippen LogP contribution in [0.4, 0.5) is 5.82 Å². The first-order valence-corrected chi connectivity index (χ1v) is 10.5. The maximum absolute atomic E-state index is 13.2. The lowest BCUT2D eigenvalue weighted by atomic mass is 10.1. The molecule has 3 heterocycles. The highest BCUT2D eigenvalue weighted by atomic mass is 16.2. The number of benzene rings is 2. The summed E-state index contributed by atoms with van der Waals surface area (Å²) in [4.78, 5) is 31.2. The molecule has 0 saturated carbocycles. The second-order valence-electron chi connectivity index (χ2n) is 7.69. The number of nitrogens with zero attached hydrogens (tertiary/aromatic N) is 5. The summed E-state index contributed by atoms with van der Waals surface area (Å²) in [6.45, 7) is 4.85. The molecule has 1 saturated heterocycles. The summed E-state index contributed by atoms with van der Waals surface area (Å²) in [7, 11) is 0. The van der Waals surface area contributed by atoms with Gasteiger partial charge in [-0.1, -0.05) is 36.4 Å². The van der Waals surface area contributed by atoms with E-state index >= 15 is 0 Å². The molecule has 0 spiro atoms. The minimum Gasteiger partial charge on any atom is -0.353 e. The van der Waals surface area contributed by atoms with Gasteiger partial charge in [0, 0.05) is 43.5 Å². The van der Waals surface area contributed by atoms with Gasteiger partial charge in [-0.05, 0) is 37.3 Å². The maximum Gasteiger partial charge on any atom is 0.254 e. The molecule has 1 aliphatic rings. The first-order valence-electron chi connectivity index (χ1n) is 10.5. The third-order valence-corrected chi connectivity index (χ3v) is 5.67. The standard InChI is InChI=1S/C25H23N5O/c1-18-24(19-7-3-2-4-8-19)28-22-17-20(10-11-21(22)27-18)25(31)30-15-13-29(14-16-30)23-9-5-6-12-26-23/h2-12,17H,13-16H2,1H3. The van der Waals surface area contributed by atoms with Crippen molar-refractivity contribution < 1.29 is 4.79 Å². The van der Waals surface area contributed by atoms with Crippen LogP contribution in [0, 0.1) is 6.92 Å². The molecule has 1 fully saturated rings. The van der Waals surface area contributed by atoms with E-state index in [1.165, 1.54) is 0 Å². The lowest BCUT2D eigenvalue weighted by Gasteiger charge is -2.35. The second kappa shape index (κ2) is 8.14. The van der Waals surface area contributed by atoms with Crippen LogP contribution in [-0.4, -0.2) is 51.9 Å². The number of anilines is 1. The van der Waals surface area contributed by atoms with Crippen LogP contribution in [0.5, 0.6) is 0 Å². The van der Waals surface area contributed by atoms with E-state index in [-0.39, 0.29) is 5.91 Å². The van der Waals surface area contributed by atoms with Crippen LogP contribution in [0.25, 0.3) is 22.3 Å². The van der Waals surface area contributed by atoms with E-state index in [2.05, 4.69) is 9.88 Å². The zero-order valence-corrected chi connectivity index (χ0v) is 17.4. The quantitative estimate of drug-likeness (QED) is 0.513. The van der Waals surface area contributed by atoms with Gasteiger partial charge in [0.1, 0.15) is 5.82 Å². The summed E-state index contributed by atoms with van der Waals surface area (Å²) < 4.78 is 0. The second-order valence-corrected chi connectivity index (χ2v) is 7.69. The van der Waals surface area contributed by atoms with Gasteiger partial charge < -0.3 is 9.80 Å². The monoisotopic (exact) mass is 409 g/mol. The van der Waals surface area contributed by atoms with Gasteiger partial charge in [0.15, 0.2) is 0 Å². The number of rotatable bonds is 3. The Bertz CT molecular complexity index is 1220. The molecule has 5 rings (SSSR count). The van der Waals surface area contributed by atoms with Crippen LogP contribution in [0.15, 0.2) is 72.9 Å². The van der Waals surface area contributed by atoms with Gasteiger partial charge in [0.25, 0.3) is 5.91 Å². The highest BCUT2D eigenvalue weighted by molar-refractivity contribution is 5.97. The normalized spacial score (nSPS) is 14.1. The number of hydrogen-bond donors (Lipinski definition) is 0. The minimum atomic E-state index is 0.0335. The predicted molar refractivity (Wildman–Crippen MR) is 122 cm³/mol. The van der Waals surface area contributed by atoms with Crippen LogP contribution in [0.2, 0.25) is 0 Å². The molecule has 1 aliphatic heterocycles. The molecule has 0 bridgehead atoms. The van der Waals surface area contributed by atoms with Crippen LogP contribution in [0.1, 0.15) is 16.1 Å². The number of pyridine rings is 1. The summed E-state index contributed by atoms with van der Waals surface area (Å²) in [5.41, 5.74) is 4.94. The van der Waals surface area contributed by atoms with Crippen molar-refractivity contribution in [2.75, 3.05) is 31.1 Å². The Kier molecular flexibility index (Phi) is 5.04. The predicted octanol–water partition coefficient (Wildman–Crippen LogP) is 3.96. The smallest absolute Gasteiger partial charge is 0.254 e. The van der Waals surface area contributed by atoms with E-state index in [9.17, 15) is 4.79 Å². The number of piperazine rings is 1. The van der Waals surface area contributed by atoms with E-state index in [1.54, 1.807) is 6.20 Å². The molecule has 6 heteroatoms. The topological polar surface area (TPSA) is 62.2 Å². The third-order valence-electron chi connectivity index (χ3n) is 5.67. The number of carbonyl (C=O) groups is 1. The zero-order valence-electron chi connectivity index (χ0n) is 17.4. The molecule has 1 amide bonds. The number of amides is 1. The molecule has 0 atom stereocenters. The first-order chi connectivity index (χ1) is 15.2. The largest absolute Gasteiger partial charge is 0.353 e. The fourth-order valence-corrected chi connectivity index (χ4v) is 4.01. The van der Waals surface area contributed by atoms with Gasteiger partial charge in [-0.15, -0.1) is 0 Å². The Hall–Kier alpha value is -3.80. The highest BCUT2D eigenvalue weighted by Crippen LogP contribution is 2.24. The van der Waals surface area contributed by atoms with Gasteiger partial charge in [-0.25, -0.2) is 15.0 Å². The minimum absolute atomic E-state index is 0.0335. The van der Waals surface area contributed by atoms with Crippen molar-refractivity contribution >= 4 is 22.8 Å². The lowest BCUT2D eigenvalue weighted by Crippen LogP contribution is -2.49. The summed E-state index contributed by atoms with van der Waals surface area (Å²) in [6.07, 6.45) is 1.80. The maximum atomic E-state index is 13.2. The number of hydrogen-bond acceptors (Lipinski definition) is 5. The van der Waals surface area contributed by atoms with Crippen molar-refractivity contribution in [2.24, 2.45) is 0 Å². The van der Waals surface area contributed by atoms with Crippen molar-refractivity contribution in [1.82, 2.24) is 19.9 Å². The van der Waals surface area contributed by atoms with Gasteiger partial charge in [-0.2, -0.15) is 0 Å². The SMILES string of the molecule is Cc1nc2ccc(C(=O)N3CCN(c4ccccn4)CC3)cc2nc1-c1ccccc1. The van der Waals surface area contributed by atoms with Crippen LogP contribution < -0.4 is 4.90 Å². The summed E-state index contributed by atoms with van der Waals surface area (Å²) >= 11 is 0. The Morgan fingerprint density at radius 1 is 0.839 bits per heavy atom. The lowest BCUT2D eigenvalue weighted by molar-refractivity contribution is 0.0746. The average Bonchev–Trinajstić information content (AvgIpc) is 2.84. The summed E-state index contributed by atoms with van der Waals surface area (Å²) in [6, 6.07) is 21.5. The molecule has 0 unspecified atom stereocenters. The van der Waals surface area contributed by atoms with E-state index in [1.807, 2.05) is 78.6 Å². The average molecular weight is 409 g/mol. The molecule has 31 heavy (non-hydrogen) atoms. The molecule has 2 aromatic heterocycles. The van der Waals surface area contributed by atoms with Gasteiger partial charge >= 0.3 is 0 Å². The van der Waals surface area contributed by atoms with Crippen molar-refractivity contribution in [1.29, 1.82) is 0 Å². The summed E-state index contributed by atoms with van der Waals surface area (Å²) in [5, 5.41) is 0. The van der Waals surface area contributed by atoms with Crippen molar-refractivity contribution in [3.05, 3.63) is 84.2 Å². The van der Waals surface area contributed by atoms with Crippen LogP contribution in [-0.2, 0) is 0 Å². The molecule has 0 N–H and O–H groups in total. The number of aromatic nitrogens is 3. The third kappa shape index (κ3) is 3.84. The Balaban J connectivity index is 1.37. The molecule has 154 valence electrons. The fourth-order valence-electron chi connectivity index (χ4n) is 4.01. The van der Waals surface area contributed by atoms with Crippen LogP contribution in [0.3, 0.4) is 0 Å². The van der Waals surface area contributed by atoms with Crippen LogP contribution >= 0.6 is 0 Å². The van der Waals surface area contributed by atoms with E-state index in [0.29, 0.717) is 18.7 Å². The van der Waals surface area contributed by atoms with Gasteiger partial charge in [0.05, 0.1) is 22.4 Å². The fraction of sp³-hybridized carbons (Fsp3) is 0.200. The van der Waals surface area contributed by atoms with Gasteiger partial charge in [0.2, 0.25) is 0 Å². The number of fused-ring (bicyclic) bond motifs is 1. The highest BCUT2D eigenvalue weighted by Gasteiger charge is 2.23. The molecule has 0 aliphatic carbocycles. The molecular formula is C25H23N5O. The molecule has 0 radical (unpaired) electrons. The van der Waals surface area contributed by atoms with E-state index < -0.39 is 0 Å². The zero-order chi connectivity index (χ0) is 21.2. The summed E-state index contributed by atoms with van der Waals surface area (Å²) in [5.74, 6) is 0.991. The van der Waals surface area contributed by atoms with Crippen molar-refractivity contribution in [3.8, 4) is 11.3 Å². The van der Waals surface area contributed by atoms with Gasteiger partial charge in [-0.3, -0.25) is 4.79 Å². The molecule has 4 aromatic rings. The Labute approximate surface area is 181 Å². The van der Waals surface area contributed by atoms with Crippen molar-refractivity contribution in [2.45, 2.75) is 6.92 Å². The Morgan fingerprint density at radius 3 is 2.35 bits per heavy atom. The molecular weight excluding hydrogens is 386 g/mol. The molecule has 2 aromatic carbocycles. The first kappa shape index (κ1) is 19.2.